The molecule has 5 aromatic rings. The van der Waals surface area contributed by atoms with Crippen LogP contribution in [0.15, 0.2) is 51.7 Å². The Labute approximate surface area is 190 Å². The van der Waals surface area contributed by atoms with Crippen LogP contribution in [0.3, 0.4) is 0 Å². The molecule has 34 heavy (non-hydrogen) atoms. The summed E-state index contributed by atoms with van der Waals surface area (Å²) in [6.07, 6.45) is 0.457. The van der Waals surface area contributed by atoms with Crippen LogP contribution in [-0.4, -0.2) is 35.2 Å². The second kappa shape index (κ2) is 6.61. The second-order valence-electron chi connectivity index (χ2n) is 8.28. The molecule has 0 fully saturated rings. The number of fused-ring (bicyclic) bond motifs is 7. The van der Waals surface area contributed by atoms with E-state index in [4.69, 9.17) is 4.42 Å². The first-order valence-electron chi connectivity index (χ1n) is 10.4. The molecule has 9 nitrogen and oxygen atoms in total. The fourth-order valence-corrected chi connectivity index (χ4v) is 4.82. The van der Waals surface area contributed by atoms with Gasteiger partial charge in [0.15, 0.2) is 34.5 Å². The van der Waals surface area contributed by atoms with Crippen molar-refractivity contribution >= 4 is 21.9 Å². The van der Waals surface area contributed by atoms with Gasteiger partial charge in [-0.1, -0.05) is 6.07 Å². The van der Waals surface area contributed by atoms with E-state index >= 15 is 0 Å². The average molecular weight is 459 g/mol. The summed E-state index contributed by atoms with van der Waals surface area (Å²) in [4.78, 5) is 13.1. The van der Waals surface area contributed by atoms with Gasteiger partial charge in [0.05, 0.1) is 5.69 Å². The van der Waals surface area contributed by atoms with Crippen LogP contribution in [0.25, 0.3) is 44.3 Å². The number of hydrogen-bond acceptors (Lipinski definition) is 8. The number of aromatic hydroxyl groups is 6. The maximum atomic E-state index is 13.1. The first kappa shape index (κ1) is 19.9. The van der Waals surface area contributed by atoms with Crippen molar-refractivity contribution < 1.29 is 35.1 Å². The highest BCUT2D eigenvalue weighted by molar-refractivity contribution is 6.17. The molecule has 0 amide bonds. The zero-order valence-corrected chi connectivity index (χ0v) is 17.4. The molecule has 6 rings (SSSR count). The Kier molecular flexibility index (Phi) is 3.86. The Bertz CT molecular complexity index is 1750. The summed E-state index contributed by atoms with van der Waals surface area (Å²) in [6, 6.07) is 9.55. The monoisotopic (exact) mass is 459 g/mol. The molecule has 2 aromatic heterocycles. The lowest BCUT2D eigenvalue weighted by Gasteiger charge is -2.22. The van der Waals surface area contributed by atoms with Gasteiger partial charge >= 0.3 is 5.63 Å². The van der Waals surface area contributed by atoms with E-state index in [1.807, 2.05) is 0 Å². The number of rotatable bonds is 1. The van der Waals surface area contributed by atoms with Crippen LogP contribution in [-0.2, 0) is 13.0 Å². The molecule has 0 atom stereocenters. The first-order chi connectivity index (χ1) is 16.2. The molecule has 0 saturated carbocycles. The van der Waals surface area contributed by atoms with E-state index in [1.54, 1.807) is 10.6 Å². The van der Waals surface area contributed by atoms with Crippen molar-refractivity contribution in [2.75, 3.05) is 0 Å². The highest BCUT2D eigenvalue weighted by Crippen LogP contribution is 2.49. The normalized spacial score (nSPS) is 12.7. The van der Waals surface area contributed by atoms with Gasteiger partial charge in [-0.15, -0.1) is 0 Å². The third kappa shape index (κ3) is 2.57. The number of hydrogen-bond donors (Lipinski definition) is 6. The Balaban J connectivity index is 1.88. The van der Waals surface area contributed by atoms with Gasteiger partial charge < -0.3 is 39.6 Å². The van der Waals surface area contributed by atoms with Gasteiger partial charge in [-0.05, 0) is 47.9 Å². The molecule has 3 aromatic carbocycles. The smallest absolute Gasteiger partial charge is 0.361 e. The van der Waals surface area contributed by atoms with Crippen LogP contribution in [0.2, 0.25) is 0 Å². The van der Waals surface area contributed by atoms with Gasteiger partial charge in [0.25, 0.3) is 0 Å². The van der Waals surface area contributed by atoms with Crippen molar-refractivity contribution in [2.24, 2.45) is 0 Å². The Hall–Kier alpha value is -4.79. The second-order valence-corrected chi connectivity index (χ2v) is 8.28. The van der Waals surface area contributed by atoms with Crippen LogP contribution < -0.4 is 5.63 Å². The van der Waals surface area contributed by atoms with Crippen LogP contribution in [0.5, 0.6) is 34.5 Å². The molecule has 6 N–H and O–H groups in total. The number of nitrogens with zero attached hydrogens (tertiary/aromatic N) is 1. The van der Waals surface area contributed by atoms with Gasteiger partial charge in [-0.25, -0.2) is 4.79 Å². The minimum atomic E-state index is -0.672. The topological polar surface area (TPSA) is 157 Å². The van der Waals surface area contributed by atoms with Crippen molar-refractivity contribution in [3.05, 3.63) is 58.4 Å². The maximum absolute atomic E-state index is 13.1. The Morgan fingerprint density at radius 1 is 0.765 bits per heavy atom. The van der Waals surface area contributed by atoms with Crippen LogP contribution in [0.1, 0.15) is 5.56 Å². The molecule has 0 unspecified atom stereocenters. The van der Waals surface area contributed by atoms with E-state index in [-0.39, 0.29) is 34.1 Å². The summed E-state index contributed by atoms with van der Waals surface area (Å²) in [5, 5.41) is 61.2. The van der Waals surface area contributed by atoms with Crippen molar-refractivity contribution in [1.29, 1.82) is 0 Å². The molecule has 0 aliphatic carbocycles. The van der Waals surface area contributed by atoms with E-state index in [9.17, 15) is 35.4 Å². The predicted molar refractivity (Wildman–Crippen MR) is 123 cm³/mol. The van der Waals surface area contributed by atoms with Gasteiger partial charge in [0.2, 0.25) is 0 Å². The largest absolute Gasteiger partial charge is 0.504 e. The van der Waals surface area contributed by atoms with E-state index in [0.717, 1.165) is 11.6 Å². The maximum Gasteiger partial charge on any atom is 0.361 e. The molecule has 3 heterocycles. The third-order valence-corrected chi connectivity index (χ3v) is 6.33. The summed E-state index contributed by atoms with van der Waals surface area (Å²) in [6.45, 7) is 0.355. The highest BCUT2D eigenvalue weighted by atomic mass is 16.4. The lowest BCUT2D eigenvalue weighted by atomic mass is 9.91. The van der Waals surface area contributed by atoms with Crippen LogP contribution in [0, 0.1) is 0 Å². The zero-order chi connectivity index (χ0) is 23.9. The standard InChI is InChI=1S/C25H17NO8/c27-14-2-1-11(6-15(14)28)21-22-13-8-18(31)19(32)9-20(13)34-25(33)24(22)26-4-3-10-5-16(29)17(30)7-12(10)23(21)26/h1-2,5-9,27-32H,3-4H2. The van der Waals surface area contributed by atoms with Crippen molar-refractivity contribution in [1.82, 2.24) is 4.57 Å². The molecular weight excluding hydrogens is 442 g/mol. The zero-order valence-electron chi connectivity index (χ0n) is 17.4. The number of phenols is 6. The fraction of sp³-hybridized carbons (Fsp3) is 0.0800. The number of aryl methyl sites for hydroxylation is 2. The molecule has 0 spiro atoms. The summed E-state index contributed by atoms with van der Waals surface area (Å²) in [5.74, 6) is -2.16. The Morgan fingerprint density at radius 2 is 1.44 bits per heavy atom. The van der Waals surface area contributed by atoms with Crippen LogP contribution >= 0.6 is 0 Å². The van der Waals surface area contributed by atoms with Gasteiger partial charge in [0, 0.05) is 34.5 Å². The average Bonchev–Trinajstić information content (AvgIpc) is 3.14. The minimum absolute atomic E-state index is 0.0498. The van der Waals surface area contributed by atoms with Crippen LogP contribution in [0.4, 0.5) is 0 Å². The van der Waals surface area contributed by atoms with E-state index < -0.39 is 17.1 Å². The van der Waals surface area contributed by atoms with Gasteiger partial charge in [-0.2, -0.15) is 0 Å². The number of benzene rings is 3. The van der Waals surface area contributed by atoms with Gasteiger partial charge in [0.1, 0.15) is 11.1 Å². The molecular formula is C25H17NO8. The summed E-state index contributed by atoms with van der Waals surface area (Å²) in [7, 11) is 0. The molecule has 0 saturated heterocycles. The SMILES string of the molecule is O=c1oc2cc(O)c(O)cc2c2c(-c3ccc(O)c(O)c3)c3n(c12)CCc1cc(O)c(O)cc1-3. The van der Waals surface area contributed by atoms with Crippen molar-refractivity contribution in [3.8, 4) is 56.9 Å². The summed E-state index contributed by atoms with van der Waals surface area (Å²) < 4.78 is 7.21. The molecule has 0 bridgehead atoms. The fourth-order valence-electron chi connectivity index (χ4n) is 4.82. The molecule has 170 valence electrons. The van der Waals surface area contributed by atoms with Crippen molar-refractivity contribution in [3.63, 3.8) is 0 Å². The minimum Gasteiger partial charge on any atom is -0.504 e. The third-order valence-electron chi connectivity index (χ3n) is 6.33. The summed E-state index contributed by atoms with van der Waals surface area (Å²) >= 11 is 0. The predicted octanol–water partition coefficient (Wildman–Crippen LogP) is 3.87. The highest BCUT2D eigenvalue weighted by Gasteiger charge is 2.30. The first-order valence-corrected chi connectivity index (χ1v) is 10.4. The molecule has 1 aliphatic heterocycles. The summed E-state index contributed by atoms with van der Waals surface area (Å²) in [5.41, 5.74) is 2.36. The lowest BCUT2D eigenvalue weighted by molar-refractivity contribution is 0.403. The van der Waals surface area contributed by atoms with E-state index in [0.29, 0.717) is 46.1 Å². The van der Waals surface area contributed by atoms with E-state index in [1.165, 1.54) is 30.3 Å². The van der Waals surface area contributed by atoms with E-state index in [2.05, 4.69) is 0 Å². The van der Waals surface area contributed by atoms with Gasteiger partial charge in [-0.3, -0.25) is 0 Å². The molecule has 0 radical (unpaired) electrons. The number of aromatic nitrogens is 1. The molecule has 9 heteroatoms. The van der Waals surface area contributed by atoms with Crippen molar-refractivity contribution in [2.45, 2.75) is 13.0 Å². The lowest BCUT2D eigenvalue weighted by Crippen LogP contribution is -2.14. The molecule has 1 aliphatic rings. The number of phenolic OH excluding ortho intramolecular Hbond substituents is 6. The quantitative estimate of drug-likeness (QED) is 0.163. The Morgan fingerprint density at radius 3 is 2.21 bits per heavy atom.